The molecule has 5 nitrogen and oxygen atoms in total. The van der Waals surface area contributed by atoms with Crippen LogP contribution in [0.5, 0.6) is 0 Å². The van der Waals surface area contributed by atoms with Crippen LogP contribution in [0.2, 0.25) is 0 Å². The lowest BCUT2D eigenvalue weighted by atomic mass is 9.79. The van der Waals surface area contributed by atoms with Gasteiger partial charge in [0.15, 0.2) is 12.3 Å². The van der Waals surface area contributed by atoms with Crippen molar-refractivity contribution in [2.24, 2.45) is 0 Å². The summed E-state index contributed by atoms with van der Waals surface area (Å²) in [5, 5.41) is 24.4. The molecule has 0 aliphatic carbocycles. The number of nitrogens with one attached hydrogen (secondary N) is 1. The molecule has 4 rings (SSSR count). The molecule has 0 saturated heterocycles. The van der Waals surface area contributed by atoms with Gasteiger partial charge in [0, 0.05) is 29.6 Å². The first-order valence-corrected chi connectivity index (χ1v) is 10.9. The number of allylic oxidation sites excluding steroid dienone is 3. The maximum absolute atomic E-state index is 11.4. The molecule has 0 spiro atoms. The molecule has 1 aliphatic heterocycles. The van der Waals surface area contributed by atoms with E-state index in [-0.39, 0.29) is 11.8 Å². The van der Waals surface area contributed by atoms with E-state index in [1.807, 2.05) is 48.5 Å². The highest BCUT2D eigenvalue weighted by molar-refractivity contribution is 6.07. The summed E-state index contributed by atoms with van der Waals surface area (Å²) in [6, 6.07) is 24.3. The number of carboxylic acids is 1. The number of para-hydroxylation sites is 1. The van der Waals surface area contributed by atoms with Crippen LogP contribution in [0.25, 0.3) is 10.8 Å². The first kappa shape index (κ1) is 22.0. The molecule has 0 fully saturated rings. The number of aliphatic carboxylic acids is 1. The van der Waals surface area contributed by atoms with Crippen LogP contribution >= 0.6 is 0 Å². The second kappa shape index (κ2) is 9.13. The zero-order valence-corrected chi connectivity index (χ0v) is 18.7. The average molecular weight is 437 g/mol. The van der Waals surface area contributed by atoms with Crippen molar-refractivity contribution < 1.29 is 14.5 Å². The van der Waals surface area contributed by atoms with E-state index in [2.05, 4.69) is 54.1 Å². The predicted molar refractivity (Wildman–Crippen MR) is 132 cm³/mol. The van der Waals surface area contributed by atoms with Gasteiger partial charge >= 0.3 is 5.97 Å². The Labute approximate surface area is 193 Å². The van der Waals surface area contributed by atoms with Crippen LogP contribution in [0, 0.1) is 11.3 Å². The van der Waals surface area contributed by atoms with Crippen molar-refractivity contribution in [3.63, 3.8) is 0 Å². The summed E-state index contributed by atoms with van der Waals surface area (Å²) in [6.07, 6.45) is 5.43. The molecule has 0 atom stereocenters. The van der Waals surface area contributed by atoms with Crippen LogP contribution in [-0.2, 0) is 10.2 Å². The van der Waals surface area contributed by atoms with Gasteiger partial charge in [0.05, 0.1) is 11.0 Å². The molecule has 1 heterocycles. The van der Waals surface area contributed by atoms with Gasteiger partial charge in [-0.05, 0) is 48.9 Å². The Morgan fingerprint density at radius 1 is 1.09 bits per heavy atom. The second-order valence-electron chi connectivity index (χ2n) is 8.54. The number of benzene rings is 3. The van der Waals surface area contributed by atoms with E-state index in [9.17, 15) is 15.2 Å². The van der Waals surface area contributed by atoms with E-state index in [1.54, 1.807) is 12.3 Å². The maximum Gasteiger partial charge on any atom is 0.309 e. The Morgan fingerprint density at radius 3 is 2.55 bits per heavy atom. The third-order valence-corrected chi connectivity index (χ3v) is 6.02. The van der Waals surface area contributed by atoms with Crippen molar-refractivity contribution >= 4 is 33.8 Å². The summed E-state index contributed by atoms with van der Waals surface area (Å²) < 4.78 is 2.08. The predicted octanol–water partition coefficient (Wildman–Crippen LogP) is 5.77. The molecule has 0 bridgehead atoms. The smallest absolute Gasteiger partial charge is 0.309 e. The number of carboxylic acid groups (broad SMARTS) is 1. The minimum Gasteiger partial charge on any atom is -0.481 e. The van der Waals surface area contributed by atoms with E-state index in [4.69, 9.17) is 0 Å². The van der Waals surface area contributed by atoms with E-state index in [0.717, 1.165) is 27.9 Å². The Morgan fingerprint density at radius 2 is 1.82 bits per heavy atom. The first-order chi connectivity index (χ1) is 15.9. The van der Waals surface area contributed by atoms with Crippen LogP contribution in [0.1, 0.15) is 25.8 Å². The summed E-state index contributed by atoms with van der Waals surface area (Å²) in [5.74, 6) is -0.838. The fourth-order valence-corrected chi connectivity index (χ4v) is 4.47. The highest BCUT2D eigenvalue weighted by Gasteiger charge is 2.45. The highest BCUT2D eigenvalue weighted by atomic mass is 16.4. The maximum atomic E-state index is 11.4. The van der Waals surface area contributed by atoms with Gasteiger partial charge < -0.3 is 10.4 Å². The molecule has 3 aromatic rings. The zero-order chi connectivity index (χ0) is 23.4. The van der Waals surface area contributed by atoms with Crippen molar-refractivity contribution in [3.05, 3.63) is 96.2 Å². The van der Waals surface area contributed by atoms with Gasteiger partial charge in [0.25, 0.3) is 0 Å². The Balaban J connectivity index is 1.76. The molecule has 1 aliphatic rings. The van der Waals surface area contributed by atoms with Crippen molar-refractivity contribution in [1.82, 2.24) is 0 Å². The van der Waals surface area contributed by atoms with E-state index in [1.165, 1.54) is 5.56 Å². The quantitative estimate of drug-likeness (QED) is 0.280. The van der Waals surface area contributed by atoms with Gasteiger partial charge in [-0.25, -0.2) is 0 Å². The van der Waals surface area contributed by atoms with Crippen LogP contribution in [0.4, 0.5) is 11.4 Å². The Kier molecular flexibility index (Phi) is 6.10. The van der Waals surface area contributed by atoms with E-state index < -0.39 is 5.97 Å². The molecular formula is C28H26N3O2+. The number of nitriles is 1. The minimum absolute atomic E-state index is 0.0240. The van der Waals surface area contributed by atoms with Crippen LogP contribution in [0.15, 0.2) is 90.7 Å². The van der Waals surface area contributed by atoms with Crippen molar-refractivity contribution in [2.45, 2.75) is 25.7 Å². The molecule has 0 radical (unpaired) electrons. The SMILES string of the molecule is CC1(C)C(/C=C/C(C#N)=C/Nc2ccccc2)=[N+](CCC(=O)O)c2ccc3ccccc3c21. The van der Waals surface area contributed by atoms with Gasteiger partial charge in [-0.2, -0.15) is 9.84 Å². The third kappa shape index (κ3) is 4.42. The first-order valence-electron chi connectivity index (χ1n) is 10.9. The summed E-state index contributed by atoms with van der Waals surface area (Å²) in [6.45, 7) is 4.66. The molecule has 0 unspecified atom stereocenters. The average Bonchev–Trinajstić information content (AvgIpc) is 3.04. The van der Waals surface area contributed by atoms with Crippen molar-refractivity contribution in [1.29, 1.82) is 5.26 Å². The molecule has 0 saturated carbocycles. The number of nitrogens with zero attached hydrogens (tertiary/aromatic N) is 2. The number of hydrogen-bond donors (Lipinski definition) is 2. The Hall–Kier alpha value is -4.17. The van der Waals surface area contributed by atoms with Crippen molar-refractivity contribution in [3.8, 4) is 6.07 Å². The highest BCUT2D eigenvalue weighted by Crippen LogP contribution is 2.44. The standard InChI is InChI=1S/C28H25N3O2/c1-28(2)25(15-12-20(18-29)19-30-22-9-4-3-5-10-22)31(17-16-26(32)33)24-14-13-21-8-6-7-11-23(21)27(24)28/h3-15,19H,16-17H2,1-2H3,(H,32,33)/p+1. The Bertz CT molecular complexity index is 1340. The third-order valence-electron chi connectivity index (χ3n) is 6.02. The molecule has 5 heteroatoms. The summed E-state index contributed by atoms with van der Waals surface area (Å²) in [4.78, 5) is 11.4. The molecular weight excluding hydrogens is 410 g/mol. The summed E-state index contributed by atoms with van der Waals surface area (Å²) in [5.41, 5.74) is 4.17. The van der Waals surface area contributed by atoms with Crippen LogP contribution in [-0.4, -0.2) is 27.9 Å². The number of fused-ring (bicyclic) bond motifs is 3. The lowest BCUT2D eigenvalue weighted by Gasteiger charge is -2.17. The van der Waals surface area contributed by atoms with E-state index >= 15 is 0 Å². The molecule has 0 aromatic heterocycles. The lowest BCUT2D eigenvalue weighted by molar-refractivity contribution is -0.436. The fourth-order valence-electron chi connectivity index (χ4n) is 4.47. The summed E-state index contributed by atoms with van der Waals surface area (Å²) >= 11 is 0. The topological polar surface area (TPSA) is 76.1 Å². The van der Waals surface area contributed by atoms with Crippen molar-refractivity contribution in [2.75, 3.05) is 11.9 Å². The molecule has 164 valence electrons. The molecule has 2 N–H and O–H groups in total. The number of rotatable bonds is 7. The minimum atomic E-state index is -0.838. The van der Waals surface area contributed by atoms with Gasteiger partial charge in [-0.3, -0.25) is 4.79 Å². The second-order valence-corrected chi connectivity index (χ2v) is 8.54. The number of anilines is 1. The molecule has 33 heavy (non-hydrogen) atoms. The summed E-state index contributed by atoms with van der Waals surface area (Å²) in [7, 11) is 0. The number of carbonyl (C=O) groups is 1. The van der Waals surface area contributed by atoms with Gasteiger partial charge in [0.2, 0.25) is 5.69 Å². The fraction of sp³-hybridized carbons (Fsp3) is 0.179. The van der Waals surface area contributed by atoms with Gasteiger partial charge in [-0.15, -0.1) is 0 Å². The largest absolute Gasteiger partial charge is 0.481 e. The van der Waals surface area contributed by atoms with Crippen LogP contribution < -0.4 is 5.32 Å². The lowest BCUT2D eigenvalue weighted by Crippen LogP contribution is -2.28. The van der Waals surface area contributed by atoms with Gasteiger partial charge in [0.1, 0.15) is 12.5 Å². The molecule has 0 amide bonds. The number of hydrogen-bond acceptors (Lipinski definition) is 3. The van der Waals surface area contributed by atoms with Crippen LogP contribution in [0.3, 0.4) is 0 Å². The zero-order valence-electron chi connectivity index (χ0n) is 18.7. The van der Waals surface area contributed by atoms with E-state index in [0.29, 0.717) is 12.1 Å². The normalized spacial score (nSPS) is 15.0. The monoisotopic (exact) mass is 436 g/mol. The molecule has 3 aromatic carbocycles. The van der Waals surface area contributed by atoms with Gasteiger partial charge in [-0.1, -0.05) is 42.5 Å².